The maximum atomic E-state index is 12.7. The Kier molecular flexibility index (Phi) is 7.36. The Balaban J connectivity index is 0.000000406. The van der Waals surface area contributed by atoms with Gasteiger partial charge in [0.25, 0.3) is 11.7 Å². The van der Waals surface area contributed by atoms with E-state index < -0.39 is 29.0 Å². The fourth-order valence-electron chi connectivity index (χ4n) is 4.05. The molecule has 1 amide bonds. The third-order valence-electron chi connectivity index (χ3n) is 5.55. The van der Waals surface area contributed by atoms with E-state index in [1.54, 1.807) is 4.90 Å². The van der Waals surface area contributed by atoms with Crippen molar-refractivity contribution in [3.05, 3.63) is 57.8 Å². The van der Waals surface area contributed by atoms with Gasteiger partial charge in [0, 0.05) is 12.0 Å². The number of benzene rings is 1. The number of hydrogen-bond donors (Lipinski definition) is 1. The number of carbonyl (C=O) groups excluding carboxylic acids is 3. The van der Waals surface area contributed by atoms with Crippen molar-refractivity contribution in [3.63, 3.8) is 0 Å². The second-order valence-electron chi connectivity index (χ2n) is 7.84. The summed E-state index contributed by atoms with van der Waals surface area (Å²) in [5.41, 5.74) is 1.26. The number of carboxylic acids is 1. The van der Waals surface area contributed by atoms with Gasteiger partial charge in [0.1, 0.15) is 18.6 Å². The number of carboxylic acid groups (broad SMARTS) is 1. The van der Waals surface area contributed by atoms with Crippen molar-refractivity contribution in [2.75, 3.05) is 13.1 Å². The van der Waals surface area contributed by atoms with Crippen LogP contribution in [0, 0.1) is 0 Å². The average molecular weight is 508 g/mol. The van der Waals surface area contributed by atoms with Crippen LogP contribution in [0.3, 0.4) is 0 Å². The molecule has 2 aliphatic rings. The Bertz CT molecular complexity index is 1050. The molecule has 0 saturated carbocycles. The third kappa shape index (κ3) is 5.95. The molecular weight excluding hydrogens is 490 g/mol. The number of hydrogen-bond acceptors (Lipinski definition) is 5. The van der Waals surface area contributed by atoms with Crippen LogP contribution in [0.15, 0.2) is 42.5 Å². The number of thiophene rings is 1. The lowest BCUT2D eigenvalue weighted by atomic mass is 10.2. The standard InChI is InChI=1S/C19H17F3N2O2S.C2HF3O2/c20-19(21,22)17(25)15-6-7-16(27-15)18(26)24-11-13-8-14(24)10-23(13)9-12-4-2-1-3-5-12;3-2(4,5)1(6)7/h1-7,13-14H,8-11H2;(H,6,7)/t13-,14-;/m1./s1. The molecule has 34 heavy (non-hydrogen) atoms. The molecule has 6 nitrogen and oxygen atoms in total. The van der Waals surface area contributed by atoms with Crippen LogP contribution in [0.5, 0.6) is 0 Å². The smallest absolute Gasteiger partial charge is 0.455 e. The topological polar surface area (TPSA) is 81.9 Å². The number of ketones is 1. The van der Waals surface area contributed by atoms with Gasteiger partial charge in [0.05, 0.1) is 28.9 Å². The van der Waals surface area contributed by atoms with Crippen LogP contribution in [0.25, 0.3) is 0 Å². The van der Waals surface area contributed by atoms with Gasteiger partial charge in [-0.05, 0) is 12.1 Å². The van der Waals surface area contributed by atoms with Gasteiger partial charge in [-0.1, -0.05) is 30.3 Å². The normalized spacial score (nSPS) is 21.7. The number of nitrogens with zero attached hydrogens (tertiary/aromatic N) is 1. The molecule has 0 radical (unpaired) electrons. The van der Waals surface area contributed by atoms with Crippen molar-refractivity contribution in [1.82, 2.24) is 4.90 Å². The van der Waals surface area contributed by atoms with E-state index in [0.717, 1.165) is 25.6 Å². The molecule has 2 aromatic rings. The van der Waals surface area contributed by atoms with Crippen molar-refractivity contribution in [2.24, 2.45) is 0 Å². The lowest BCUT2D eigenvalue weighted by molar-refractivity contribution is -0.929. The maximum Gasteiger partial charge on any atom is 0.455 e. The summed E-state index contributed by atoms with van der Waals surface area (Å²) in [6.07, 6.45) is -9.20. The quantitative estimate of drug-likeness (QED) is 0.501. The first kappa shape index (κ1) is 25.7. The molecule has 2 bridgehead atoms. The minimum atomic E-state index is -5.19. The van der Waals surface area contributed by atoms with E-state index in [1.165, 1.54) is 16.5 Å². The number of nitrogens with one attached hydrogen (secondary N) is 1. The Labute approximate surface area is 193 Å². The van der Waals surface area contributed by atoms with Crippen LogP contribution in [0.1, 0.15) is 31.3 Å². The van der Waals surface area contributed by atoms with Crippen LogP contribution in [0.4, 0.5) is 26.3 Å². The number of amides is 1. The predicted molar refractivity (Wildman–Crippen MR) is 105 cm³/mol. The highest BCUT2D eigenvalue weighted by Crippen LogP contribution is 2.29. The van der Waals surface area contributed by atoms with Gasteiger partial charge < -0.3 is 19.7 Å². The molecule has 2 fully saturated rings. The van der Waals surface area contributed by atoms with Gasteiger partial charge >= 0.3 is 12.4 Å². The molecule has 1 aromatic heterocycles. The van der Waals surface area contributed by atoms with E-state index in [0.29, 0.717) is 23.9 Å². The zero-order valence-corrected chi connectivity index (χ0v) is 18.1. The fraction of sp³-hybridized carbons (Fsp3) is 0.381. The molecule has 2 saturated heterocycles. The Morgan fingerprint density at radius 1 is 0.971 bits per heavy atom. The highest BCUT2D eigenvalue weighted by Gasteiger charge is 2.49. The largest absolute Gasteiger partial charge is 0.542 e. The SMILES string of the molecule is O=C([O-])C(F)(F)F.O=C(c1ccc(C(=O)C(F)(F)F)s1)N1C[C@H]2C[C@@H]1C[NH+]2Cc1ccccc1. The predicted octanol–water partition coefficient (Wildman–Crippen LogP) is 1.47. The molecule has 3 heterocycles. The first-order valence-electron chi connectivity index (χ1n) is 9.96. The number of halogens is 6. The summed E-state index contributed by atoms with van der Waals surface area (Å²) in [5, 5.41) is 8.78. The number of likely N-dealkylation sites (tertiary alicyclic amines) is 2. The molecule has 1 unspecified atom stereocenters. The molecule has 3 atom stereocenters. The van der Waals surface area contributed by atoms with Crippen LogP contribution in [-0.4, -0.2) is 60.1 Å². The molecule has 2 aliphatic heterocycles. The lowest BCUT2D eigenvalue weighted by Gasteiger charge is -2.31. The highest BCUT2D eigenvalue weighted by molar-refractivity contribution is 7.16. The average Bonchev–Trinajstić information content (AvgIpc) is 3.48. The third-order valence-corrected chi connectivity index (χ3v) is 6.63. The summed E-state index contributed by atoms with van der Waals surface area (Å²) in [4.78, 5) is 35.8. The van der Waals surface area contributed by atoms with E-state index in [4.69, 9.17) is 9.90 Å². The summed E-state index contributed by atoms with van der Waals surface area (Å²) in [6.45, 7) is 2.35. The summed E-state index contributed by atoms with van der Waals surface area (Å²) >= 11 is 0.626. The summed E-state index contributed by atoms with van der Waals surface area (Å²) in [6, 6.07) is 13.0. The first-order chi connectivity index (χ1) is 15.8. The van der Waals surface area contributed by atoms with Crippen LogP contribution in [0.2, 0.25) is 0 Å². The van der Waals surface area contributed by atoms with Gasteiger partial charge in [-0.15, -0.1) is 11.3 Å². The van der Waals surface area contributed by atoms with Crippen molar-refractivity contribution in [3.8, 4) is 0 Å². The number of quaternary nitrogens is 1. The minimum absolute atomic E-state index is 0.102. The van der Waals surface area contributed by atoms with Crippen LogP contribution >= 0.6 is 11.3 Å². The van der Waals surface area contributed by atoms with Gasteiger partial charge in [-0.3, -0.25) is 9.59 Å². The molecule has 0 aliphatic carbocycles. The van der Waals surface area contributed by atoms with Crippen molar-refractivity contribution in [2.45, 2.75) is 37.4 Å². The number of piperazine rings is 1. The number of carbonyl (C=O) groups is 3. The van der Waals surface area contributed by atoms with E-state index in [1.807, 2.05) is 18.2 Å². The second-order valence-corrected chi connectivity index (χ2v) is 8.93. The van der Waals surface area contributed by atoms with E-state index >= 15 is 0 Å². The Morgan fingerprint density at radius 3 is 2.06 bits per heavy atom. The molecule has 1 N–H and O–H groups in total. The number of rotatable bonds is 4. The van der Waals surface area contributed by atoms with Crippen LogP contribution in [-0.2, 0) is 11.3 Å². The Morgan fingerprint density at radius 2 is 1.56 bits per heavy atom. The van der Waals surface area contributed by atoms with Gasteiger partial charge in [-0.25, -0.2) is 0 Å². The van der Waals surface area contributed by atoms with E-state index in [9.17, 15) is 35.9 Å². The van der Waals surface area contributed by atoms with Gasteiger partial charge in [-0.2, -0.15) is 26.3 Å². The number of fused-ring (bicyclic) bond motifs is 2. The molecule has 184 valence electrons. The lowest BCUT2D eigenvalue weighted by Crippen LogP contribution is -3.14. The Hall–Kier alpha value is -2.93. The molecule has 13 heteroatoms. The summed E-state index contributed by atoms with van der Waals surface area (Å²) < 4.78 is 69.2. The molecule has 4 rings (SSSR count). The number of alkyl halides is 6. The zero-order chi connectivity index (χ0) is 25.3. The molecular formula is C21H18F6N2O4S. The van der Waals surface area contributed by atoms with Crippen LogP contribution < -0.4 is 10.0 Å². The molecule has 1 aromatic carbocycles. The van der Waals surface area contributed by atoms with Crippen molar-refractivity contribution >= 4 is 29.0 Å². The second kappa shape index (κ2) is 9.74. The van der Waals surface area contributed by atoms with E-state index in [-0.39, 0.29) is 16.8 Å². The number of aliphatic carboxylic acids is 1. The van der Waals surface area contributed by atoms with Crippen molar-refractivity contribution < 1.29 is 50.7 Å². The zero-order valence-electron chi connectivity index (χ0n) is 17.3. The fourth-order valence-corrected chi connectivity index (χ4v) is 4.98. The maximum absolute atomic E-state index is 12.7. The van der Waals surface area contributed by atoms with Gasteiger partial charge in [0.15, 0.2) is 0 Å². The monoisotopic (exact) mass is 508 g/mol. The van der Waals surface area contributed by atoms with Crippen molar-refractivity contribution in [1.29, 1.82) is 0 Å². The molecule has 0 spiro atoms. The minimum Gasteiger partial charge on any atom is -0.542 e. The summed E-state index contributed by atoms with van der Waals surface area (Å²) in [7, 11) is 0. The number of Topliss-reactive ketones (excluding diaryl/α,β-unsaturated/α-hetero) is 1. The highest BCUT2D eigenvalue weighted by atomic mass is 32.1. The van der Waals surface area contributed by atoms with Gasteiger partial charge in [0.2, 0.25) is 0 Å². The first-order valence-corrected chi connectivity index (χ1v) is 10.8. The summed E-state index contributed by atoms with van der Waals surface area (Å²) in [5.74, 6) is -5.17. The van der Waals surface area contributed by atoms with E-state index in [2.05, 4.69) is 12.1 Å².